The number of hydrogen-bond acceptors (Lipinski definition) is 3. The lowest BCUT2D eigenvalue weighted by Gasteiger charge is -2.27. The highest BCUT2D eigenvalue weighted by Crippen LogP contribution is 2.22. The molecule has 1 aliphatic heterocycles. The number of aliphatic imine (C=N–C) groups is 1. The Morgan fingerprint density at radius 2 is 1.96 bits per heavy atom. The van der Waals surface area contributed by atoms with Gasteiger partial charge >= 0.3 is 0 Å². The van der Waals surface area contributed by atoms with Crippen LogP contribution in [0.1, 0.15) is 50.0 Å². The van der Waals surface area contributed by atoms with Crippen LogP contribution in [-0.4, -0.2) is 34.3 Å². The van der Waals surface area contributed by atoms with Gasteiger partial charge in [-0.3, -0.25) is 4.99 Å². The average molecular weight is 355 g/mol. The van der Waals surface area contributed by atoms with E-state index in [1.807, 2.05) is 0 Å². The topological polar surface area (TPSA) is 67.1 Å². The Labute approximate surface area is 156 Å². The molecule has 0 unspecified atom stereocenters. The van der Waals surface area contributed by atoms with Crippen molar-refractivity contribution < 1.29 is 0 Å². The van der Waals surface area contributed by atoms with Crippen molar-refractivity contribution in [2.24, 2.45) is 4.99 Å². The Balaban J connectivity index is 1.55. The van der Waals surface area contributed by atoms with E-state index in [1.54, 1.807) is 7.05 Å². The number of hydrogen-bond donors (Lipinski definition) is 2. The maximum Gasteiger partial charge on any atom is 0.191 e. The highest BCUT2D eigenvalue weighted by molar-refractivity contribution is 5.79. The number of rotatable bonds is 6. The molecule has 0 spiro atoms. The molecule has 3 rings (SSSR count). The smallest absolute Gasteiger partial charge is 0.191 e. The van der Waals surface area contributed by atoms with Crippen molar-refractivity contribution in [2.75, 3.05) is 13.6 Å². The van der Waals surface area contributed by atoms with Crippen molar-refractivity contribution in [3.63, 3.8) is 0 Å². The minimum absolute atomic E-state index is 0.0139. The standard InChI is InChI=1S/C20H30N6/c1-5-15-8-10-16(11-9-15)20(2,3)14-23-19(21-4)22-13-18-25-24-17-7-6-12-26(17)18/h8-11H,5-7,12-14H2,1-4H3,(H2,21,22,23). The third-order valence-electron chi connectivity index (χ3n) is 5.17. The molecule has 1 aliphatic rings. The zero-order valence-corrected chi connectivity index (χ0v) is 16.3. The van der Waals surface area contributed by atoms with Gasteiger partial charge in [0.05, 0.1) is 6.54 Å². The summed E-state index contributed by atoms with van der Waals surface area (Å²) < 4.78 is 2.21. The number of benzene rings is 1. The van der Waals surface area contributed by atoms with Gasteiger partial charge in [-0.15, -0.1) is 10.2 Å². The van der Waals surface area contributed by atoms with Gasteiger partial charge in [0, 0.05) is 32.0 Å². The maximum absolute atomic E-state index is 4.34. The largest absolute Gasteiger partial charge is 0.356 e. The summed E-state index contributed by atoms with van der Waals surface area (Å²) in [5.74, 6) is 2.87. The van der Waals surface area contributed by atoms with E-state index in [-0.39, 0.29) is 5.41 Å². The third-order valence-corrected chi connectivity index (χ3v) is 5.17. The Hall–Kier alpha value is -2.37. The Bertz CT molecular complexity index is 757. The van der Waals surface area contributed by atoms with Crippen LogP contribution in [0.15, 0.2) is 29.3 Å². The number of guanidine groups is 1. The molecule has 2 aromatic rings. The van der Waals surface area contributed by atoms with Gasteiger partial charge in [-0.25, -0.2) is 0 Å². The molecule has 6 heteroatoms. The molecule has 0 saturated heterocycles. The average Bonchev–Trinajstić information content (AvgIpc) is 3.26. The molecule has 6 nitrogen and oxygen atoms in total. The summed E-state index contributed by atoms with van der Waals surface area (Å²) in [7, 11) is 1.80. The monoisotopic (exact) mass is 354 g/mol. The second kappa shape index (κ2) is 7.89. The van der Waals surface area contributed by atoms with Gasteiger partial charge < -0.3 is 15.2 Å². The van der Waals surface area contributed by atoms with Crippen LogP contribution in [0.3, 0.4) is 0 Å². The highest BCUT2D eigenvalue weighted by atomic mass is 15.3. The van der Waals surface area contributed by atoms with Gasteiger partial charge in [-0.2, -0.15) is 0 Å². The Morgan fingerprint density at radius 1 is 1.19 bits per heavy atom. The van der Waals surface area contributed by atoms with Gasteiger partial charge in [0.1, 0.15) is 5.82 Å². The van der Waals surface area contributed by atoms with Crippen molar-refractivity contribution in [1.29, 1.82) is 0 Å². The lowest BCUT2D eigenvalue weighted by Crippen LogP contribution is -2.43. The van der Waals surface area contributed by atoms with Gasteiger partial charge in [0.25, 0.3) is 0 Å². The first-order chi connectivity index (χ1) is 12.5. The molecule has 0 amide bonds. The molecule has 0 radical (unpaired) electrons. The summed E-state index contributed by atoms with van der Waals surface area (Å²) in [6.45, 7) is 9.14. The molecule has 2 heterocycles. The molecule has 0 atom stereocenters. The van der Waals surface area contributed by atoms with E-state index in [1.165, 1.54) is 11.1 Å². The van der Waals surface area contributed by atoms with Gasteiger partial charge in [0.2, 0.25) is 0 Å². The Morgan fingerprint density at radius 3 is 2.65 bits per heavy atom. The van der Waals surface area contributed by atoms with E-state index in [4.69, 9.17) is 0 Å². The van der Waals surface area contributed by atoms with Crippen molar-refractivity contribution in [2.45, 2.75) is 58.5 Å². The summed E-state index contributed by atoms with van der Waals surface area (Å²) in [4.78, 5) is 4.34. The van der Waals surface area contributed by atoms with Gasteiger partial charge in [-0.1, -0.05) is 45.0 Å². The van der Waals surface area contributed by atoms with E-state index in [0.29, 0.717) is 6.54 Å². The van der Waals surface area contributed by atoms with E-state index < -0.39 is 0 Å². The number of nitrogens with zero attached hydrogens (tertiary/aromatic N) is 4. The van der Waals surface area contributed by atoms with Crippen LogP contribution in [-0.2, 0) is 31.3 Å². The zero-order valence-electron chi connectivity index (χ0n) is 16.3. The summed E-state index contributed by atoms with van der Waals surface area (Å²) in [5.41, 5.74) is 2.71. The molecular formula is C20H30N6. The van der Waals surface area contributed by atoms with Crippen LogP contribution in [0.4, 0.5) is 0 Å². The Kier molecular flexibility index (Phi) is 5.59. The van der Waals surface area contributed by atoms with E-state index >= 15 is 0 Å². The number of fused-ring (bicyclic) bond motifs is 1. The molecule has 0 saturated carbocycles. The molecular weight excluding hydrogens is 324 g/mol. The van der Waals surface area contributed by atoms with E-state index in [2.05, 4.69) is 75.4 Å². The van der Waals surface area contributed by atoms with Crippen molar-refractivity contribution in [3.05, 3.63) is 47.0 Å². The molecule has 140 valence electrons. The second-order valence-electron chi connectivity index (χ2n) is 7.50. The SMILES string of the molecule is CCc1ccc(C(C)(C)CNC(=NC)NCc2nnc3n2CCC3)cc1. The van der Waals surface area contributed by atoms with Crippen LogP contribution < -0.4 is 10.6 Å². The molecule has 26 heavy (non-hydrogen) atoms. The fraction of sp³-hybridized carbons (Fsp3) is 0.550. The number of aryl methyl sites for hydroxylation is 2. The molecule has 1 aromatic carbocycles. The molecule has 1 aromatic heterocycles. The lowest BCUT2D eigenvalue weighted by molar-refractivity contribution is 0.507. The van der Waals surface area contributed by atoms with Crippen molar-refractivity contribution in [3.8, 4) is 0 Å². The summed E-state index contributed by atoms with van der Waals surface area (Å²) in [5, 5.41) is 15.3. The molecule has 2 N–H and O–H groups in total. The van der Waals surface area contributed by atoms with Crippen molar-refractivity contribution >= 4 is 5.96 Å². The maximum atomic E-state index is 4.34. The molecule has 0 fully saturated rings. The number of nitrogens with one attached hydrogen (secondary N) is 2. The predicted octanol–water partition coefficient (Wildman–Crippen LogP) is 2.43. The van der Waals surface area contributed by atoms with Gasteiger partial charge in [-0.05, 0) is 24.0 Å². The molecule has 0 aliphatic carbocycles. The van der Waals surface area contributed by atoms with Gasteiger partial charge in [0.15, 0.2) is 11.8 Å². The third kappa shape index (κ3) is 4.06. The summed E-state index contributed by atoms with van der Waals surface area (Å²) in [6, 6.07) is 8.90. The molecule has 0 bridgehead atoms. The first-order valence-corrected chi connectivity index (χ1v) is 9.48. The van der Waals surface area contributed by atoms with Crippen LogP contribution in [0.25, 0.3) is 0 Å². The van der Waals surface area contributed by atoms with Crippen LogP contribution in [0, 0.1) is 0 Å². The number of aromatic nitrogens is 3. The first kappa shape index (κ1) is 18.4. The minimum Gasteiger partial charge on any atom is -0.356 e. The zero-order chi connectivity index (χ0) is 18.6. The van der Waals surface area contributed by atoms with Crippen LogP contribution >= 0.6 is 0 Å². The van der Waals surface area contributed by atoms with E-state index in [0.717, 1.165) is 50.0 Å². The summed E-state index contributed by atoms with van der Waals surface area (Å²) >= 11 is 0. The fourth-order valence-electron chi connectivity index (χ4n) is 3.32. The lowest BCUT2D eigenvalue weighted by atomic mass is 9.84. The minimum atomic E-state index is 0.0139. The quantitative estimate of drug-likeness (QED) is 0.618. The predicted molar refractivity (Wildman–Crippen MR) is 105 cm³/mol. The normalized spacial score (nSPS) is 14.4. The second-order valence-corrected chi connectivity index (χ2v) is 7.50. The fourth-order valence-corrected chi connectivity index (χ4v) is 3.32. The van der Waals surface area contributed by atoms with Crippen LogP contribution in [0.2, 0.25) is 0 Å². The highest BCUT2D eigenvalue weighted by Gasteiger charge is 2.21. The van der Waals surface area contributed by atoms with Crippen molar-refractivity contribution in [1.82, 2.24) is 25.4 Å². The first-order valence-electron chi connectivity index (χ1n) is 9.48. The van der Waals surface area contributed by atoms with E-state index in [9.17, 15) is 0 Å². The van der Waals surface area contributed by atoms with Crippen LogP contribution in [0.5, 0.6) is 0 Å². The summed E-state index contributed by atoms with van der Waals surface area (Å²) in [6.07, 6.45) is 3.27.